The first-order valence-electron chi connectivity index (χ1n) is 8.44. The van der Waals surface area contributed by atoms with E-state index in [0.29, 0.717) is 16.7 Å². The van der Waals surface area contributed by atoms with Crippen molar-refractivity contribution in [1.29, 1.82) is 0 Å². The lowest BCUT2D eigenvalue weighted by Gasteiger charge is -2.27. The summed E-state index contributed by atoms with van der Waals surface area (Å²) < 4.78 is 33.3. The predicted molar refractivity (Wildman–Crippen MR) is 95.3 cm³/mol. The molecule has 1 aliphatic rings. The van der Waals surface area contributed by atoms with Crippen LogP contribution in [0.15, 0.2) is 40.9 Å². The number of aryl methyl sites for hydroxylation is 1. The lowest BCUT2D eigenvalue weighted by atomic mass is 10.1. The van der Waals surface area contributed by atoms with Crippen LogP contribution >= 0.6 is 0 Å². The number of hydrogen-bond acceptors (Lipinski definition) is 5. The molecule has 2 aromatic carbocycles. The fraction of sp³-hybridized carbons (Fsp3) is 0.158. The van der Waals surface area contributed by atoms with E-state index >= 15 is 0 Å². The van der Waals surface area contributed by atoms with Crippen LogP contribution in [0.25, 0.3) is 22.8 Å². The van der Waals surface area contributed by atoms with E-state index in [-0.39, 0.29) is 30.4 Å². The molecule has 1 aliphatic heterocycles. The number of carbonyl (C=O) groups excluding carboxylic acids is 2. The molecule has 7 nitrogen and oxygen atoms in total. The van der Waals surface area contributed by atoms with Gasteiger partial charge in [0.15, 0.2) is 0 Å². The number of nitrogens with zero attached hydrogens (tertiary/aromatic N) is 3. The molecule has 3 aromatic rings. The number of nitrogens with one attached hydrogen (secondary N) is 1. The zero-order chi connectivity index (χ0) is 19.8. The number of aromatic nitrogens is 2. The van der Waals surface area contributed by atoms with Gasteiger partial charge in [0.25, 0.3) is 5.89 Å². The van der Waals surface area contributed by atoms with Crippen molar-refractivity contribution in [3.05, 3.63) is 53.6 Å². The SMILES string of the molecule is Cc1ccc(-c2noc(-c3ccc(F)c(N4CCC(=O)NC4=O)c3)n2)cc1F. The highest BCUT2D eigenvalue weighted by Gasteiger charge is 2.27. The number of imide groups is 1. The number of carbonyl (C=O) groups is 2. The average molecular weight is 384 g/mol. The third-order valence-corrected chi connectivity index (χ3v) is 4.39. The molecule has 28 heavy (non-hydrogen) atoms. The Morgan fingerprint density at radius 2 is 1.86 bits per heavy atom. The second-order valence-electron chi connectivity index (χ2n) is 6.31. The molecular formula is C19H14F2N4O3. The minimum absolute atomic E-state index is 0.0105. The number of rotatable bonds is 3. The summed E-state index contributed by atoms with van der Waals surface area (Å²) in [6.07, 6.45) is 0.0686. The summed E-state index contributed by atoms with van der Waals surface area (Å²) in [5.41, 5.74) is 1.30. The third kappa shape index (κ3) is 3.22. The van der Waals surface area contributed by atoms with Crippen molar-refractivity contribution in [3.63, 3.8) is 0 Å². The standard InChI is InChI=1S/C19H14F2N4O3/c1-10-2-3-11(8-14(10)21)17-23-18(28-24-17)12-4-5-13(20)15(9-12)25-7-6-16(26)22-19(25)27/h2-5,8-9H,6-7H2,1H3,(H,22,26,27). The molecular weight excluding hydrogens is 370 g/mol. The first-order chi connectivity index (χ1) is 13.4. The Balaban J connectivity index is 1.67. The predicted octanol–water partition coefficient (Wildman–Crippen LogP) is 3.44. The molecule has 0 saturated carbocycles. The van der Waals surface area contributed by atoms with Crippen molar-refractivity contribution >= 4 is 17.6 Å². The maximum atomic E-state index is 14.3. The molecule has 0 radical (unpaired) electrons. The number of anilines is 1. The summed E-state index contributed by atoms with van der Waals surface area (Å²) in [5, 5.41) is 5.98. The Morgan fingerprint density at radius 3 is 2.61 bits per heavy atom. The second kappa shape index (κ2) is 6.84. The maximum absolute atomic E-state index is 14.3. The molecule has 1 fully saturated rings. The van der Waals surface area contributed by atoms with Gasteiger partial charge in [-0.25, -0.2) is 13.6 Å². The van der Waals surface area contributed by atoms with E-state index in [1.165, 1.54) is 24.3 Å². The fourth-order valence-corrected chi connectivity index (χ4v) is 2.84. The molecule has 142 valence electrons. The average Bonchev–Trinajstić information content (AvgIpc) is 3.15. The molecule has 0 spiro atoms. The quantitative estimate of drug-likeness (QED) is 0.747. The minimum Gasteiger partial charge on any atom is -0.334 e. The minimum atomic E-state index is -0.700. The van der Waals surface area contributed by atoms with Gasteiger partial charge in [0.1, 0.15) is 11.6 Å². The van der Waals surface area contributed by atoms with Crippen LogP contribution in [0.1, 0.15) is 12.0 Å². The van der Waals surface area contributed by atoms with Crippen LogP contribution in [0.4, 0.5) is 19.3 Å². The van der Waals surface area contributed by atoms with Crippen LogP contribution in [0.2, 0.25) is 0 Å². The van der Waals surface area contributed by atoms with Gasteiger partial charge in [0, 0.05) is 24.1 Å². The van der Waals surface area contributed by atoms with Crippen LogP contribution in [0, 0.1) is 18.6 Å². The first-order valence-corrected chi connectivity index (χ1v) is 8.44. The highest BCUT2D eigenvalue weighted by Crippen LogP contribution is 2.29. The third-order valence-electron chi connectivity index (χ3n) is 4.39. The fourth-order valence-electron chi connectivity index (χ4n) is 2.84. The zero-order valence-corrected chi connectivity index (χ0v) is 14.7. The van der Waals surface area contributed by atoms with E-state index in [1.54, 1.807) is 19.1 Å². The van der Waals surface area contributed by atoms with E-state index in [2.05, 4.69) is 15.5 Å². The van der Waals surface area contributed by atoms with E-state index in [0.717, 1.165) is 4.90 Å². The Hall–Kier alpha value is -3.62. The van der Waals surface area contributed by atoms with Gasteiger partial charge in [0.2, 0.25) is 11.7 Å². The van der Waals surface area contributed by atoms with Gasteiger partial charge in [-0.15, -0.1) is 0 Å². The Bertz CT molecular complexity index is 1100. The van der Waals surface area contributed by atoms with Gasteiger partial charge in [-0.3, -0.25) is 15.0 Å². The van der Waals surface area contributed by atoms with Crippen LogP contribution in [-0.2, 0) is 4.79 Å². The summed E-state index contributed by atoms with van der Waals surface area (Å²) in [6.45, 7) is 1.70. The zero-order valence-electron chi connectivity index (χ0n) is 14.7. The van der Waals surface area contributed by atoms with Crippen LogP contribution < -0.4 is 10.2 Å². The van der Waals surface area contributed by atoms with Crippen molar-refractivity contribution in [3.8, 4) is 22.8 Å². The van der Waals surface area contributed by atoms with E-state index < -0.39 is 23.6 Å². The number of urea groups is 1. The van der Waals surface area contributed by atoms with E-state index in [1.807, 2.05) is 0 Å². The van der Waals surface area contributed by atoms with Crippen molar-refractivity contribution in [2.75, 3.05) is 11.4 Å². The number of hydrogen-bond donors (Lipinski definition) is 1. The molecule has 1 aromatic heterocycles. The van der Waals surface area contributed by atoms with Crippen molar-refractivity contribution in [2.24, 2.45) is 0 Å². The van der Waals surface area contributed by atoms with Gasteiger partial charge in [-0.05, 0) is 36.8 Å². The monoisotopic (exact) mass is 384 g/mol. The summed E-state index contributed by atoms with van der Waals surface area (Å²) in [7, 11) is 0. The summed E-state index contributed by atoms with van der Waals surface area (Å²) in [6, 6.07) is 7.86. The summed E-state index contributed by atoms with van der Waals surface area (Å²) >= 11 is 0. The Morgan fingerprint density at radius 1 is 1.07 bits per heavy atom. The van der Waals surface area contributed by atoms with Gasteiger partial charge >= 0.3 is 6.03 Å². The summed E-state index contributed by atoms with van der Waals surface area (Å²) in [4.78, 5) is 28.6. The van der Waals surface area contributed by atoms with E-state index in [9.17, 15) is 18.4 Å². The van der Waals surface area contributed by atoms with E-state index in [4.69, 9.17) is 4.52 Å². The van der Waals surface area contributed by atoms with Crippen molar-refractivity contribution < 1.29 is 22.9 Å². The molecule has 0 unspecified atom stereocenters. The molecule has 1 saturated heterocycles. The number of halogens is 2. The largest absolute Gasteiger partial charge is 0.334 e. The molecule has 4 rings (SSSR count). The van der Waals surface area contributed by atoms with Crippen LogP contribution in [0.3, 0.4) is 0 Å². The van der Waals surface area contributed by atoms with Crippen LogP contribution in [0.5, 0.6) is 0 Å². The molecule has 0 atom stereocenters. The molecule has 0 aliphatic carbocycles. The van der Waals surface area contributed by atoms with Crippen molar-refractivity contribution in [2.45, 2.75) is 13.3 Å². The number of amides is 3. The van der Waals surface area contributed by atoms with Crippen molar-refractivity contribution in [1.82, 2.24) is 15.5 Å². The molecule has 1 N–H and O–H groups in total. The molecule has 3 amide bonds. The molecule has 9 heteroatoms. The number of benzene rings is 2. The topological polar surface area (TPSA) is 88.3 Å². The second-order valence-corrected chi connectivity index (χ2v) is 6.31. The molecule has 0 bridgehead atoms. The first kappa shape index (κ1) is 17.8. The Kier molecular flexibility index (Phi) is 4.34. The Labute approximate surface area is 158 Å². The smallest absolute Gasteiger partial charge is 0.328 e. The van der Waals surface area contributed by atoms with Gasteiger partial charge in [-0.2, -0.15) is 4.98 Å². The highest BCUT2D eigenvalue weighted by molar-refractivity contribution is 6.05. The normalized spacial score (nSPS) is 14.3. The maximum Gasteiger partial charge on any atom is 0.328 e. The lowest BCUT2D eigenvalue weighted by Crippen LogP contribution is -2.49. The van der Waals surface area contributed by atoms with Crippen LogP contribution in [-0.4, -0.2) is 28.6 Å². The summed E-state index contributed by atoms with van der Waals surface area (Å²) in [5.74, 6) is -1.16. The van der Waals surface area contributed by atoms with Gasteiger partial charge < -0.3 is 4.52 Å². The molecule has 2 heterocycles. The van der Waals surface area contributed by atoms with Gasteiger partial charge in [0.05, 0.1) is 5.69 Å². The lowest BCUT2D eigenvalue weighted by molar-refractivity contribution is -0.120. The van der Waals surface area contributed by atoms with Gasteiger partial charge in [-0.1, -0.05) is 17.3 Å². The highest BCUT2D eigenvalue weighted by atomic mass is 19.1.